The van der Waals surface area contributed by atoms with Crippen LogP contribution in [0.1, 0.15) is 5.56 Å². The van der Waals surface area contributed by atoms with E-state index in [2.05, 4.69) is 9.71 Å². The van der Waals surface area contributed by atoms with Gasteiger partial charge < -0.3 is 9.47 Å². The minimum atomic E-state index is -3.79. The van der Waals surface area contributed by atoms with Gasteiger partial charge in [-0.15, -0.1) is 0 Å². The van der Waals surface area contributed by atoms with Crippen LogP contribution in [0, 0.1) is 6.92 Å². The molecule has 3 rings (SSSR count). The predicted octanol–water partition coefficient (Wildman–Crippen LogP) is 2.21. The minimum Gasteiger partial charge on any atom is -0.497 e. The molecule has 0 saturated carbocycles. The fourth-order valence-electron chi connectivity index (χ4n) is 2.89. The monoisotopic (exact) mass is 429 g/mol. The van der Waals surface area contributed by atoms with Gasteiger partial charge >= 0.3 is 0 Å². The predicted molar refractivity (Wildman–Crippen MR) is 113 cm³/mol. The van der Waals surface area contributed by atoms with Crippen molar-refractivity contribution in [2.45, 2.75) is 18.4 Å². The van der Waals surface area contributed by atoms with Crippen LogP contribution in [0.2, 0.25) is 0 Å². The molecule has 0 aliphatic carbocycles. The Bertz CT molecular complexity index is 1190. The molecule has 0 saturated heterocycles. The number of hydrogen-bond acceptors (Lipinski definition) is 6. The number of aromatic nitrogens is 2. The van der Waals surface area contributed by atoms with Gasteiger partial charge in [0.15, 0.2) is 0 Å². The molecule has 0 bridgehead atoms. The zero-order valence-corrected chi connectivity index (χ0v) is 17.8. The second-order valence-electron chi connectivity index (χ2n) is 6.59. The molecule has 0 aliphatic heterocycles. The first-order valence-electron chi connectivity index (χ1n) is 9.19. The van der Waals surface area contributed by atoms with E-state index in [0.717, 1.165) is 11.1 Å². The third-order valence-corrected chi connectivity index (χ3v) is 6.00. The molecule has 30 heavy (non-hydrogen) atoms. The lowest BCUT2D eigenvalue weighted by Gasteiger charge is -2.12. The van der Waals surface area contributed by atoms with Crippen LogP contribution in [0.5, 0.6) is 11.5 Å². The largest absolute Gasteiger partial charge is 0.497 e. The molecule has 0 fully saturated rings. The van der Waals surface area contributed by atoms with Gasteiger partial charge in [-0.05, 0) is 48.9 Å². The lowest BCUT2D eigenvalue weighted by atomic mass is 10.1. The van der Waals surface area contributed by atoms with Crippen molar-refractivity contribution in [3.05, 3.63) is 70.8 Å². The molecule has 0 atom stereocenters. The summed E-state index contributed by atoms with van der Waals surface area (Å²) in [5.74, 6) is 0.973. The first kappa shape index (κ1) is 21.5. The van der Waals surface area contributed by atoms with Gasteiger partial charge in [-0.2, -0.15) is 0 Å². The highest BCUT2D eigenvalue weighted by molar-refractivity contribution is 7.89. The van der Waals surface area contributed by atoms with Gasteiger partial charge in [0.05, 0.1) is 26.2 Å². The Morgan fingerprint density at radius 2 is 1.77 bits per heavy atom. The number of methoxy groups -OCH3 is 2. The van der Waals surface area contributed by atoms with Gasteiger partial charge in [0.25, 0.3) is 5.56 Å². The molecule has 8 nitrogen and oxygen atoms in total. The molecule has 1 N–H and O–H groups in total. The maximum Gasteiger partial charge on any atom is 0.253 e. The summed E-state index contributed by atoms with van der Waals surface area (Å²) in [5.41, 5.74) is 1.84. The molecule has 1 heterocycles. The summed E-state index contributed by atoms with van der Waals surface area (Å²) in [6, 6.07) is 13.5. The fraction of sp³-hybridized carbons (Fsp3) is 0.238. The highest BCUT2D eigenvalue weighted by Crippen LogP contribution is 2.24. The summed E-state index contributed by atoms with van der Waals surface area (Å²) in [7, 11) is -0.792. The zero-order chi connectivity index (χ0) is 21.7. The second kappa shape index (κ2) is 9.10. The number of ether oxygens (including phenoxy) is 2. The number of benzene rings is 2. The standard InChI is InChI=1S/C21H23N3O5S/c1-15-4-9-19(29-3)20(12-15)30(26,27)23-10-11-24-14-22-18(13-21(24)25)16-5-7-17(28-2)8-6-16/h4-9,12-14,23H,10-11H2,1-3H3. The maximum atomic E-state index is 12.6. The van der Waals surface area contributed by atoms with E-state index >= 15 is 0 Å². The van der Waals surface area contributed by atoms with Crippen LogP contribution in [0.4, 0.5) is 0 Å². The number of sulfonamides is 1. The zero-order valence-electron chi connectivity index (χ0n) is 17.0. The summed E-state index contributed by atoms with van der Waals surface area (Å²) < 4.78 is 39.4. The van der Waals surface area contributed by atoms with Gasteiger partial charge in [-0.1, -0.05) is 6.07 Å². The van der Waals surface area contributed by atoms with Crippen molar-refractivity contribution in [2.24, 2.45) is 0 Å². The van der Waals surface area contributed by atoms with Crippen molar-refractivity contribution >= 4 is 10.0 Å². The third-order valence-electron chi connectivity index (χ3n) is 4.52. The van der Waals surface area contributed by atoms with Gasteiger partial charge in [0, 0.05) is 24.7 Å². The van der Waals surface area contributed by atoms with E-state index in [0.29, 0.717) is 11.4 Å². The van der Waals surface area contributed by atoms with E-state index in [1.165, 1.54) is 24.1 Å². The van der Waals surface area contributed by atoms with Gasteiger partial charge in [0.2, 0.25) is 10.0 Å². The number of nitrogens with one attached hydrogen (secondary N) is 1. The molecular weight excluding hydrogens is 406 g/mol. The van der Waals surface area contributed by atoms with E-state index < -0.39 is 10.0 Å². The fourth-order valence-corrected chi connectivity index (χ4v) is 4.16. The summed E-state index contributed by atoms with van der Waals surface area (Å²) >= 11 is 0. The van der Waals surface area contributed by atoms with E-state index in [4.69, 9.17) is 9.47 Å². The van der Waals surface area contributed by atoms with Gasteiger partial charge in [0.1, 0.15) is 16.4 Å². The number of aryl methyl sites for hydroxylation is 1. The molecule has 0 radical (unpaired) electrons. The molecule has 0 amide bonds. The van der Waals surface area contributed by atoms with Crippen LogP contribution >= 0.6 is 0 Å². The van der Waals surface area contributed by atoms with Gasteiger partial charge in [-0.3, -0.25) is 9.36 Å². The van der Waals surface area contributed by atoms with Crippen molar-refractivity contribution in [2.75, 3.05) is 20.8 Å². The molecule has 1 aromatic heterocycles. The normalized spacial score (nSPS) is 11.3. The molecule has 0 aliphatic rings. The van der Waals surface area contributed by atoms with Crippen molar-refractivity contribution in [3.63, 3.8) is 0 Å². The SMILES string of the molecule is COc1ccc(-c2cc(=O)n(CCNS(=O)(=O)c3cc(C)ccc3OC)cn2)cc1. The summed E-state index contributed by atoms with van der Waals surface area (Å²) in [5, 5.41) is 0. The molecule has 0 unspecified atom stereocenters. The average Bonchev–Trinajstić information content (AvgIpc) is 2.75. The van der Waals surface area contributed by atoms with Crippen molar-refractivity contribution < 1.29 is 17.9 Å². The van der Waals surface area contributed by atoms with Gasteiger partial charge in [-0.25, -0.2) is 18.1 Å². The highest BCUT2D eigenvalue weighted by atomic mass is 32.2. The van der Waals surface area contributed by atoms with Crippen LogP contribution < -0.4 is 19.8 Å². The van der Waals surface area contributed by atoms with Crippen LogP contribution in [0.15, 0.2) is 64.5 Å². The maximum absolute atomic E-state index is 12.6. The lowest BCUT2D eigenvalue weighted by molar-refractivity contribution is 0.402. The lowest BCUT2D eigenvalue weighted by Crippen LogP contribution is -2.31. The first-order valence-corrected chi connectivity index (χ1v) is 10.7. The Kier molecular flexibility index (Phi) is 6.53. The summed E-state index contributed by atoms with van der Waals surface area (Å²) in [6.07, 6.45) is 1.41. The Morgan fingerprint density at radius 3 is 2.40 bits per heavy atom. The number of nitrogens with zero attached hydrogens (tertiary/aromatic N) is 2. The van der Waals surface area contributed by atoms with Crippen molar-refractivity contribution in [3.8, 4) is 22.8 Å². The van der Waals surface area contributed by atoms with Crippen LogP contribution in [0.3, 0.4) is 0 Å². The molecular formula is C21H23N3O5S. The Morgan fingerprint density at radius 1 is 1.03 bits per heavy atom. The minimum absolute atomic E-state index is 0.0307. The average molecular weight is 429 g/mol. The Labute approximate surface area is 175 Å². The Balaban J connectivity index is 1.70. The Hall–Kier alpha value is -3.17. The summed E-state index contributed by atoms with van der Waals surface area (Å²) in [6.45, 7) is 1.97. The van der Waals surface area contributed by atoms with E-state index in [1.807, 2.05) is 12.1 Å². The molecule has 3 aromatic rings. The molecule has 9 heteroatoms. The third kappa shape index (κ3) is 4.87. The summed E-state index contributed by atoms with van der Waals surface area (Å²) in [4.78, 5) is 16.8. The highest BCUT2D eigenvalue weighted by Gasteiger charge is 2.19. The van der Waals surface area contributed by atoms with Crippen molar-refractivity contribution in [1.29, 1.82) is 0 Å². The van der Waals surface area contributed by atoms with E-state index in [-0.39, 0.29) is 29.3 Å². The van der Waals surface area contributed by atoms with Crippen LogP contribution in [0.25, 0.3) is 11.3 Å². The van der Waals surface area contributed by atoms with E-state index in [1.54, 1.807) is 44.4 Å². The van der Waals surface area contributed by atoms with Crippen LogP contribution in [-0.4, -0.2) is 38.7 Å². The molecule has 0 spiro atoms. The second-order valence-corrected chi connectivity index (χ2v) is 8.32. The smallest absolute Gasteiger partial charge is 0.253 e. The first-order chi connectivity index (χ1) is 14.3. The number of hydrogen-bond donors (Lipinski definition) is 1. The van der Waals surface area contributed by atoms with E-state index in [9.17, 15) is 13.2 Å². The number of rotatable bonds is 8. The molecule has 2 aromatic carbocycles. The van der Waals surface area contributed by atoms with Crippen LogP contribution in [-0.2, 0) is 16.6 Å². The quantitative estimate of drug-likeness (QED) is 0.589. The molecule has 158 valence electrons. The van der Waals surface area contributed by atoms with Crippen molar-refractivity contribution in [1.82, 2.24) is 14.3 Å². The topological polar surface area (TPSA) is 99.5 Å².